The van der Waals surface area contributed by atoms with E-state index in [0.29, 0.717) is 26.1 Å². The van der Waals surface area contributed by atoms with Gasteiger partial charge in [-0.15, -0.1) is 0 Å². The van der Waals surface area contributed by atoms with Gasteiger partial charge in [0.1, 0.15) is 5.82 Å². The molecule has 1 aromatic carbocycles. The molecule has 0 saturated carbocycles. The molecule has 0 radical (unpaired) electrons. The van der Waals surface area contributed by atoms with E-state index in [4.69, 9.17) is 4.74 Å². The molecule has 1 heterocycles. The molecule has 1 aliphatic heterocycles. The molecule has 2 rings (SSSR count). The molecule has 0 aromatic heterocycles. The maximum Gasteiger partial charge on any atom is 0.215 e. The van der Waals surface area contributed by atoms with Crippen LogP contribution in [0.5, 0.6) is 0 Å². The van der Waals surface area contributed by atoms with E-state index in [1.165, 1.54) is 12.1 Å². The largest absolute Gasteiger partial charge is 0.381 e. The predicted octanol–water partition coefficient (Wildman–Crippen LogP) is 2.10. The highest BCUT2D eigenvalue weighted by Gasteiger charge is 2.36. The molecule has 1 N–H and O–H groups in total. The number of ether oxygens (including phenoxy) is 1. The summed E-state index contributed by atoms with van der Waals surface area (Å²) in [6.07, 6.45) is 0.976. The second kappa shape index (κ2) is 6.85. The molecule has 1 saturated heterocycles. The summed E-state index contributed by atoms with van der Waals surface area (Å²) in [4.78, 5) is 0. The molecule has 21 heavy (non-hydrogen) atoms. The van der Waals surface area contributed by atoms with Crippen molar-refractivity contribution in [2.24, 2.45) is 5.92 Å². The summed E-state index contributed by atoms with van der Waals surface area (Å²) in [6, 6.07) is 6.16. The number of halogens is 1. The Balaban J connectivity index is 2.16. The monoisotopic (exact) mass is 315 g/mol. The van der Waals surface area contributed by atoms with Crippen LogP contribution in [0.1, 0.15) is 25.8 Å². The Morgan fingerprint density at radius 1 is 1.43 bits per heavy atom. The lowest BCUT2D eigenvalue weighted by Crippen LogP contribution is -2.46. The molecule has 1 aliphatic rings. The van der Waals surface area contributed by atoms with Crippen LogP contribution in [0.25, 0.3) is 0 Å². The fraction of sp³-hybridized carbons (Fsp3) is 0.600. The Kier molecular flexibility index (Phi) is 5.35. The lowest BCUT2D eigenvalue weighted by Gasteiger charge is -2.32. The molecule has 2 atom stereocenters. The highest BCUT2D eigenvalue weighted by atomic mass is 32.2. The van der Waals surface area contributed by atoms with E-state index >= 15 is 0 Å². The van der Waals surface area contributed by atoms with E-state index in [1.807, 2.05) is 6.07 Å². The lowest BCUT2D eigenvalue weighted by atomic mass is 9.93. The zero-order valence-electron chi connectivity index (χ0n) is 12.4. The SMILES string of the molecule is CC(C)NS(=O)(=O)[C@H]1CCOC[C@H]1Cc1cccc(F)c1. The first-order valence-corrected chi connectivity index (χ1v) is 8.76. The van der Waals surface area contributed by atoms with Crippen LogP contribution < -0.4 is 4.72 Å². The van der Waals surface area contributed by atoms with Crippen molar-refractivity contribution in [2.75, 3.05) is 13.2 Å². The van der Waals surface area contributed by atoms with Gasteiger partial charge in [-0.3, -0.25) is 0 Å². The van der Waals surface area contributed by atoms with Gasteiger partial charge in [-0.25, -0.2) is 17.5 Å². The van der Waals surface area contributed by atoms with Gasteiger partial charge in [-0.2, -0.15) is 0 Å². The summed E-state index contributed by atoms with van der Waals surface area (Å²) < 4.78 is 46.2. The van der Waals surface area contributed by atoms with Gasteiger partial charge in [0, 0.05) is 18.6 Å². The van der Waals surface area contributed by atoms with Crippen molar-refractivity contribution in [3.05, 3.63) is 35.6 Å². The predicted molar refractivity (Wildman–Crippen MR) is 80.0 cm³/mol. The Labute approximate surface area is 125 Å². The number of rotatable bonds is 5. The molecule has 6 heteroatoms. The van der Waals surface area contributed by atoms with E-state index in [-0.39, 0.29) is 17.8 Å². The summed E-state index contributed by atoms with van der Waals surface area (Å²) in [7, 11) is -3.39. The number of hydrogen-bond acceptors (Lipinski definition) is 3. The average Bonchev–Trinajstić information content (AvgIpc) is 2.37. The third-order valence-electron chi connectivity index (χ3n) is 3.59. The molecule has 1 fully saturated rings. The van der Waals surface area contributed by atoms with Crippen molar-refractivity contribution in [3.63, 3.8) is 0 Å². The van der Waals surface area contributed by atoms with Gasteiger partial charge >= 0.3 is 0 Å². The number of nitrogens with one attached hydrogen (secondary N) is 1. The van der Waals surface area contributed by atoms with Gasteiger partial charge in [0.25, 0.3) is 0 Å². The number of hydrogen-bond donors (Lipinski definition) is 1. The maximum atomic E-state index is 13.3. The van der Waals surface area contributed by atoms with E-state index in [2.05, 4.69) is 4.72 Å². The molecule has 0 aliphatic carbocycles. The minimum atomic E-state index is -3.39. The van der Waals surface area contributed by atoms with Crippen molar-refractivity contribution in [2.45, 2.75) is 38.0 Å². The van der Waals surface area contributed by atoms with Crippen molar-refractivity contribution in [1.29, 1.82) is 0 Å². The maximum absolute atomic E-state index is 13.3. The van der Waals surface area contributed by atoms with Crippen LogP contribution in [0, 0.1) is 11.7 Å². The van der Waals surface area contributed by atoms with Crippen molar-refractivity contribution >= 4 is 10.0 Å². The molecule has 118 valence electrons. The summed E-state index contributed by atoms with van der Waals surface area (Å²) >= 11 is 0. The van der Waals surface area contributed by atoms with Gasteiger partial charge in [-0.1, -0.05) is 12.1 Å². The Morgan fingerprint density at radius 3 is 2.86 bits per heavy atom. The van der Waals surface area contributed by atoms with Gasteiger partial charge in [0.2, 0.25) is 10.0 Å². The molecule has 1 aromatic rings. The van der Waals surface area contributed by atoms with E-state index in [0.717, 1.165) is 5.56 Å². The van der Waals surface area contributed by atoms with Crippen LogP contribution >= 0.6 is 0 Å². The molecule has 0 bridgehead atoms. The highest BCUT2D eigenvalue weighted by molar-refractivity contribution is 7.90. The van der Waals surface area contributed by atoms with E-state index in [9.17, 15) is 12.8 Å². The normalized spacial score (nSPS) is 23.4. The quantitative estimate of drug-likeness (QED) is 0.905. The molecular formula is C15H22FNO3S. The topological polar surface area (TPSA) is 55.4 Å². The van der Waals surface area contributed by atoms with Crippen LogP contribution in [0.2, 0.25) is 0 Å². The minimum absolute atomic E-state index is 0.132. The van der Waals surface area contributed by atoms with Gasteiger partial charge < -0.3 is 4.74 Å². The first-order chi connectivity index (χ1) is 9.88. The fourth-order valence-corrected chi connectivity index (χ4v) is 4.68. The number of sulfonamides is 1. The second-order valence-electron chi connectivity index (χ2n) is 5.81. The van der Waals surface area contributed by atoms with Crippen LogP contribution in [-0.2, 0) is 21.2 Å². The van der Waals surface area contributed by atoms with Crippen molar-refractivity contribution in [3.8, 4) is 0 Å². The summed E-state index contributed by atoms with van der Waals surface area (Å²) in [5.74, 6) is -0.458. The third-order valence-corrected chi connectivity index (χ3v) is 5.81. The van der Waals surface area contributed by atoms with Crippen LogP contribution in [0.3, 0.4) is 0 Å². The van der Waals surface area contributed by atoms with Crippen LogP contribution in [0.4, 0.5) is 4.39 Å². The first kappa shape index (κ1) is 16.4. The van der Waals surface area contributed by atoms with Gasteiger partial charge in [-0.05, 0) is 44.4 Å². The first-order valence-electron chi connectivity index (χ1n) is 7.22. The zero-order chi connectivity index (χ0) is 15.5. The van der Waals surface area contributed by atoms with Crippen molar-refractivity contribution in [1.82, 2.24) is 4.72 Å². The molecule has 0 unspecified atom stereocenters. The smallest absolute Gasteiger partial charge is 0.215 e. The van der Waals surface area contributed by atoms with Gasteiger partial charge in [0.05, 0.1) is 11.9 Å². The highest BCUT2D eigenvalue weighted by Crippen LogP contribution is 2.25. The Bertz CT molecular complexity index is 574. The molecule has 4 nitrogen and oxygen atoms in total. The fourth-order valence-electron chi connectivity index (χ4n) is 2.76. The van der Waals surface area contributed by atoms with Crippen LogP contribution in [0.15, 0.2) is 24.3 Å². The summed E-state index contributed by atoms with van der Waals surface area (Å²) in [5, 5.41) is -0.489. The summed E-state index contributed by atoms with van der Waals surface area (Å²) in [5.41, 5.74) is 0.801. The Morgan fingerprint density at radius 2 is 2.19 bits per heavy atom. The summed E-state index contributed by atoms with van der Waals surface area (Å²) in [6.45, 7) is 4.44. The molecule has 0 spiro atoms. The lowest BCUT2D eigenvalue weighted by molar-refractivity contribution is 0.0569. The second-order valence-corrected chi connectivity index (χ2v) is 7.74. The zero-order valence-corrected chi connectivity index (χ0v) is 13.2. The minimum Gasteiger partial charge on any atom is -0.381 e. The van der Waals surface area contributed by atoms with Gasteiger partial charge in [0.15, 0.2) is 0 Å². The van der Waals surface area contributed by atoms with E-state index in [1.54, 1.807) is 19.9 Å². The third kappa shape index (κ3) is 4.49. The van der Waals surface area contributed by atoms with E-state index < -0.39 is 15.3 Å². The average molecular weight is 315 g/mol. The van der Waals surface area contributed by atoms with Crippen LogP contribution in [-0.4, -0.2) is 32.9 Å². The number of benzene rings is 1. The molecule has 0 amide bonds. The van der Waals surface area contributed by atoms with Crippen molar-refractivity contribution < 1.29 is 17.5 Å². The standard InChI is InChI=1S/C15H22FNO3S/c1-11(2)17-21(18,19)15-6-7-20-10-13(15)8-12-4-3-5-14(16)9-12/h3-5,9,11,13,15,17H,6-8,10H2,1-2H3/t13-,15+/m1/s1. The Hall–Kier alpha value is -0.980. The molecular weight excluding hydrogens is 293 g/mol.